The number of amides is 2. The first kappa shape index (κ1) is 25.7. The number of ether oxygens (including phenoxy) is 1. The molecule has 1 aromatic heterocycles. The zero-order valence-corrected chi connectivity index (χ0v) is 17.0. The Kier molecular flexibility index (Phi) is 8.12. The van der Waals surface area contributed by atoms with Crippen LogP contribution in [0.5, 0.6) is 5.75 Å². The second-order valence-corrected chi connectivity index (χ2v) is 6.91. The van der Waals surface area contributed by atoms with E-state index in [0.717, 1.165) is 18.3 Å². The largest absolute Gasteiger partial charge is 0.483 e. The number of benzene rings is 1. The van der Waals surface area contributed by atoms with E-state index in [1.54, 1.807) is 0 Å². The smallest absolute Gasteiger partial charge is 0.422 e. The van der Waals surface area contributed by atoms with Gasteiger partial charge in [0.15, 0.2) is 6.61 Å². The minimum Gasteiger partial charge on any atom is -0.483 e. The van der Waals surface area contributed by atoms with Gasteiger partial charge in [0.25, 0.3) is 0 Å². The van der Waals surface area contributed by atoms with Crippen LogP contribution >= 0.6 is 0 Å². The maximum absolute atomic E-state index is 13.2. The summed E-state index contributed by atoms with van der Waals surface area (Å²) >= 11 is 0. The van der Waals surface area contributed by atoms with Gasteiger partial charge in [0.05, 0.1) is 23.5 Å². The molecule has 2 amide bonds. The molecule has 13 heteroatoms. The van der Waals surface area contributed by atoms with Gasteiger partial charge in [-0.15, -0.1) is 0 Å². The molecule has 7 nitrogen and oxygen atoms in total. The van der Waals surface area contributed by atoms with E-state index in [2.05, 4.69) is 15.0 Å². The van der Waals surface area contributed by atoms with Crippen molar-refractivity contribution in [3.8, 4) is 5.75 Å². The van der Waals surface area contributed by atoms with Gasteiger partial charge in [-0.3, -0.25) is 9.78 Å². The predicted octanol–water partition coefficient (Wildman–Crippen LogP) is 4.10. The van der Waals surface area contributed by atoms with Crippen molar-refractivity contribution in [3.05, 3.63) is 59.4 Å². The highest BCUT2D eigenvalue weighted by molar-refractivity contribution is 5.85. The zero-order valence-electron chi connectivity index (χ0n) is 17.0. The third kappa shape index (κ3) is 8.16. The quantitative estimate of drug-likeness (QED) is 0.495. The molecule has 1 aromatic carbocycles. The number of hydrogen-bond acceptors (Lipinski definition) is 4. The van der Waals surface area contributed by atoms with E-state index in [1.165, 1.54) is 31.2 Å². The predicted molar refractivity (Wildman–Crippen MR) is 102 cm³/mol. The Morgan fingerprint density at radius 3 is 2.27 bits per heavy atom. The number of carbonyl (C=O) groups excluding carboxylic acids is 1. The van der Waals surface area contributed by atoms with E-state index in [-0.39, 0.29) is 17.0 Å². The average Bonchev–Trinajstić information content (AvgIpc) is 2.71. The maximum Gasteiger partial charge on any atom is 0.422 e. The number of nitrogens with zero attached hydrogens (tertiary/aromatic N) is 1. The van der Waals surface area contributed by atoms with Gasteiger partial charge in [0.2, 0.25) is 5.91 Å². The van der Waals surface area contributed by atoms with Crippen LogP contribution in [0.3, 0.4) is 0 Å². The van der Waals surface area contributed by atoms with Crippen LogP contribution in [0, 0.1) is 0 Å². The summed E-state index contributed by atoms with van der Waals surface area (Å²) < 4.78 is 80.8. The van der Waals surface area contributed by atoms with Gasteiger partial charge in [-0.25, -0.2) is 4.79 Å². The van der Waals surface area contributed by atoms with Crippen molar-refractivity contribution < 1.29 is 45.8 Å². The van der Waals surface area contributed by atoms with Gasteiger partial charge < -0.3 is 20.5 Å². The Bertz CT molecular complexity index is 964. The van der Waals surface area contributed by atoms with Crippen molar-refractivity contribution in [1.82, 2.24) is 15.6 Å². The van der Waals surface area contributed by atoms with Gasteiger partial charge >= 0.3 is 18.4 Å². The summed E-state index contributed by atoms with van der Waals surface area (Å²) in [6.45, 7) is -0.0553. The van der Waals surface area contributed by atoms with E-state index in [0.29, 0.717) is 0 Å². The minimum absolute atomic E-state index is 0.163. The Balaban J connectivity index is 2.12. The summed E-state index contributed by atoms with van der Waals surface area (Å²) in [7, 11) is 0. The molecule has 0 aliphatic rings. The average molecular weight is 479 g/mol. The fourth-order valence-electron chi connectivity index (χ4n) is 2.84. The molecular formula is C20H19F6N3O4. The standard InChI is InChI=1S/C20H19F6N3O4/c1-11(15-7-6-13(9-27-15)33-10-19(21,22)23)28-17(30)16(29-18(31)32)8-12-4-2-3-5-14(12)20(24,25)26/h2-7,9,11,16,29H,8,10H2,1H3,(H,28,30)(H,31,32)/t11-,16-/m1/s1. The summed E-state index contributed by atoms with van der Waals surface area (Å²) in [5.41, 5.74) is -1.08. The maximum atomic E-state index is 13.2. The second-order valence-electron chi connectivity index (χ2n) is 6.91. The number of carbonyl (C=O) groups is 2. The summed E-state index contributed by atoms with van der Waals surface area (Å²) in [4.78, 5) is 27.6. The van der Waals surface area contributed by atoms with Crippen LogP contribution in [0.4, 0.5) is 31.1 Å². The normalized spacial score (nSPS) is 13.7. The fraction of sp³-hybridized carbons (Fsp3) is 0.350. The second kappa shape index (κ2) is 10.4. The fourth-order valence-corrected chi connectivity index (χ4v) is 2.84. The van der Waals surface area contributed by atoms with Gasteiger partial charge in [0, 0.05) is 6.42 Å². The number of alkyl halides is 6. The molecule has 0 unspecified atom stereocenters. The molecule has 0 aliphatic heterocycles. The third-order valence-electron chi connectivity index (χ3n) is 4.33. The molecule has 0 aliphatic carbocycles. The Morgan fingerprint density at radius 1 is 1.06 bits per heavy atom. The molecule has 0 saturated carbocycles. The van der Waals surface area contributed by atoms with E-state index in [1.807, 2.05) is 5.32 Å². The van der Waals surface area contributed by atoms with Crippen LogP contribution in [0.15, 0.2) is 42.6 Å². The molecule has 0 spiro atoms. The van der Waals surface area contributed by atoms with Crippen LogP contribution in [0.25, 0.3) is 0 Å². The first-order valence-corrected chi connectivity index (χ1v) is 9.36. The molecular weight excluding hydrogens is 460 g/mol. The molecule has 0 bridgehead atoms. The number of hydrogen-bond donors (Lipinski definition) is 3. The lowest BCUT2D eigenvalue weighted by molar-refractivity contribution is -0.153. The van der Waals surface area contributed by atoms with Crippen molar-refractivity contribution in [2.45, 2.75) is 37.8 Å². The molecule has 2 rings (SSSR count). The van der Waals surface area contributed by atoms with Gasteiger partial charge in [-0.2, -0.15) is 26.3 Å². The highest BCUT2D eigenvalue weighted by atomic mass is 19.4. The molecule has 2 aromatic rings. The number of halogens is 6. The zero-order chi connectivity index (χ0) is 24.8. The van der Waals surface area contributed by atoms with E-state index in [9.17, 15) is 35.9 Å². The Hall–Kier alpha value is -3.51. The third-order valence-corrected chi connectivity index (χ3v) is 4.33. The summed E-state index contributed by atoms with van der Waals surface area (Å²) in [5, 5.41) is 13.3. The van der Waals surface area contributed by atoms with Crippen LogP contribution in [0.2, 0.25) is 0 Å². The molecule has 180 valence electrons. The van der Waals surface area contributed by atoms with Crippen LogP contribution < -0.4 is 15.4 Å². The Labute approximate surface area is 183 Å². The van der Waals surface area contributed by atoms with Crippen molar-refractivity contribution in [3.63, 3.8) is 0 Å². The lowest BCUT2D eigenvalue weighted by Gasteiger charge is -2.22. The van der Waals surface area contributed by atoms with E-state index >= 15 is 0 Å². The summed E-state index contributed by atoms with van der Waals surface area (Å²) in [5.74, 6) is -1.08. The van der Waals surface area contributed by atoms with Crippen LogP contribution in [0.1, 0.15) is 29.8 Å². The Morgan fingerprint density at radius 2 is 1.73 bits per heavy atom. The number of aromatic nitrogens is 1. The molecule has 0 saturated heterocycles. The SMILES string of the molecule is C[C@@H](NC(=O)[C@@H](Cc1ccccc1C(F)(F)F)NC(=O)O)c1ccc(OCC(F)(F)F)cn1. The van der Waals surface area contributed by atoms with Crippen molar-refractivity contribution in [1.29, 1.82) is 0 Å². The van der Waals surface area contributed by atoms with E-state index < -0.39 is 55.0 Å². The first-order chi connectivity index (χ1) is 15.3. The number of pyridine rings is 1. The number of carboxylic acid groups (broad SMARTS) is 1. The van der Waals surface area contributed by atoms with Crippen molar-refractivity contribution in [2.24, 2.45) is 0 Å². The molecule has 2 atom stereocenters. The van der Waals surface area contributed by atoms with Gasteiger partial charge in [-0.1, -0.05) is 18.2 Å². The monoisotopic (exact) mass is 479 g/mol. The molecule has 0 radical (unpaired) electrons. The molecule has 1 heterocycles. The topological polar surface area (TPSA) is 101 Å². The summed E-state index contributed by atoms with van der Waals surface area (Å²) in [6, 6.07) is 4.54. The first-order valence-electron chi connectivity index (χ1n) is 9.36. The molecule has 0 fully saturated rings. The van der Waals surface area contributed by atoms with Crippen LogP contribution in [-0.2, 0) is 17.4 Å². The van der Waals surface area contributed by atoms with Crippen molar-refractivity contribution in [2.75, 3.05) is 6.61 Å². The minimum atomic E-state index is -4.70. The highest BCUT2D eigenvalue weighted by Crippen LogP contribution is 2.32. The van der Waals surface area contributed by atoms with E-state index in [4.69, 9.17) is 5.11 Å². The van der Waals surface area contributed by atoms with Gasteiger partial charge in [-0.05, 0) is 30.7 Å². The van der Waals surface area contributed by atoms with Crippen LogP contribution in [-0.4, -0.2) is 40.9 Å². The lowest BCUT2D eigenvalue weighted by Crippen LogP contribution is -2.48. The highest BCUT2D eigenvalue weighted by Gasteiger charge is 2.34. The molecule has 3 N–H and O–H groups in total. The van der Waals surface area contributed by atoms with Crippen molar-refractivity contribution >= 4 is 12.0 Å². The van der Waals surface area contributed by atoms with Gasteiger partial charge in [0.1, 0.15) is 11.8 Å². The number of rotatable bonds is 8. The molecule has 33 heavy (non-hydrogen) atoms. The summed E-state index contributed by atoms with van der Waals surface area (Å²) in [6.07, 6.45) is -10.4. The number of nitrogens with one attached hydrogen (secondary N) is 2. The lowest BCUT2D eigenvalue weighted by atomic mass is 9.99.